The lowest BCUT2D eigenvalue weighted by Crippen LogP contribution is -2.37. The summed E-state index contributed by atoms with van der Waals surface area (Å²) >= 11 is 0. The van der Waals surface area contributed by atoms with E-state index < -0.39 is 5.60 Å². The van der Waals surface area contributed by atoms with Gasteiger partial charge in [0.05, 0.1) is 0 Å². The summed E-state index contributed by atoms with van der Waals surface area (Å²) in [7, 11) is 0. The maximum atomic E-state index is 11.4. The molecule has 1 aliphatic heterocycles. The Morgan fingerprint density at radius 2 is 2.20 bits per heavy atom. The SMILES string of the molecule is CC1NCCC1CNC(=O)OC(C)(C)C. The number of hydrogen-bond donors (Lipinski definition) is 2. The van der Waals surface area contributed by atoms with E-state index in [0.29, 0.717) is 18.5 Å². The van der Waals surface area contributed by atoms with E-state index in [1.165, 1.54) is 0 Å². The molecule has 2 unspecified atom stereocenters. The Bertz CT molecular complexity index is 223. The van der Waals surface area contributed by atoms with Gasteiger partial charge in [0.1, 0.15) is 5.60 Å². The van der Waals surface area contributed by atoms with Gasteiger partial charge in [-0.1, -0.05) is 0 Å². The molecule has 1 fully saturated rings. The van der Waals surface area contributed by atoms with Gasteiger partial charge >= 0.3 is 6.09 Å². The predicted molar refractivity (Wildman–Crippen MR) is 59.8 cm³/mol. The number of alkyl carbamates (subject to hydrolysis) is 1. The first-order chi connectivity index (χ1) is 6.88. The van der Waals surface area contributed by atoms with Crippen molar-refractivity contribution >= 4 is 6.09 Å². The van der Waals surface area contributed by atoms with Crippen molar-refractivity contribution in [3.63, 3.8) is 0 Å². The molecule has 1 saturated heterocycles. The molecule has 4 heteroatoms. The Morgan fingerprint density at radius 3 is 2.67 bits per heavy atom. The fraction of sp³-hybridized carbons (Fsp3) is 0.909. The highest BCUT2D eigenvalue weighted by Gasteiger charge is 2.24. The van der Waals surface area contributed by atoms with Crippen LogP contribution < -0.4 is 10.6 Å². The second-order valence-corrected chi connectivity index (χ2v) is 5.17. The maximum absolute atomic E-state index is 11.4. The molecule has 0 aromatic carbocycles. The summed E-state index contributed by atoms with van der Waals surface area (Å²) in [5, 5.41) is 6.16. The van der Waals surface area contributed by atoms with Gasteiger partial charge in [0, 0.05) is 12.6 Å². The van der Waals surface area contributed by atoms with Gasteiger partial charge in [-0.05, 0) is 46.6 Å². The number of nitrogens with one attached hydrogen (secondary N) is 2. The monoisotopic (exact) mass is 214 g/mol. The number of ether oxygens (including phenoxy) is 1. The largest absolute Gasteiger partial charge is 0.444 e. The summed E-state index contributed by atoms with van der Waals surface area (Å²) < 4.78 is 5.16. The average Bonchev–Trinajstić information content (AvgIpc) is 2.44. The molecule has 15 heavy (non-hydrogen) atoms. The molecule has 88 valence electrons. The van der Waals surface area contributed by atoms with Crippen molar-refractivity contribution in [2.24, 2.45) is 5.92 Å². The molecule has 2 atom stereocenters. The van der Waals surface area contributed by atoms with Crippen LogP contribution in [0.2, 0.25) is 0 Å². The average molecular weight is 214 g/mol. The van der Waals surface area contributed by atoms with E-state index in [1.54, 1.807) is 0 Å². The zero-order chi connectivity index (χ0) is 11.5. The molecule has 1 amide bonds. The van der Waals surface area contributed by atoms with E-state index in [9.17, 15) is 4.79 Å². The van der Waals surface area contributed by atoms with Crippen molar-refractivity contribution in [2.45, 2.75) is 45.8 Å². The standard InChI is InChI=1S/C11H22N2O2/c1-8-9(5-6-12-8)7-13-10(14)15-11(2,3)4/h8-9,12H,5-7H2,1-4H3,(H,13,14). The molecule has 0 aromatic heterocycles. The van der Waals surface area contributed by atoms with Gasteiger partial charge in [-0.25, -0.2) is 4.79 Å². The first kappa shape index (κ1) is 12.3. The summed E-state index contributed by atoms with van der Waals surface area (Å²) in [5.41, 5.74) is -0.413. The molecule has 1 rings (SSSR count). The van der Waals surface area contributed by atoms with E-state index in [2.05, 4.69) is 17.6 Å². The Labute approximate surface area is 91.8 Å². The zero-order valence-electron chi connectivity index (χ0n) is 10.1. The Balaban J connectivity index is 2.22. The quantitative estimate of drug-likeness (QED) is 0.732. The van der Waals surface area contributed by atoms with Crippen molar-refractivity contribution in [3.05, 3.63) is 0 Å². The fourth-order valence-corrected chi connectivity index (χ4v) is 1.72. The summed E-state index contributed by atoms with van der Waals surface area (Å²) in [5.74, 6) is 0.525. The van der Waals surface area contributed by atoms with Crippen molar-refractivity contribution in [1.82, 2.24) is 10.6 Å². The van der Waals surface area contributed by atoms with Crippen molar-refractivity contribution in [1.29, 1.82) is 0 Å². The Hall–Kier alpha value is -0.770. The molecule has 1 heterocycles. The lowest BCUT2D eigenvalue weighted by atomic mass is 10.0. The number of rotatable bonds is 2. The number of carbonyl (C=O) groups is 1. The van der Waals surface area contributed by atoms with Crippen LogP contribution in [0.15, 0.2) is 0 Å². The molecule has 2 N–H and O–H groups in total. The number of carbonyl (C=O) groups excluding carboxylic acids is 1. The highest BCUT2D eigenvalue weighted by molar-refractivity contribution is 5.67. The van der Waals surface area contributed by atoms with Crippen LogP contribution in [0.25, 0.3) is 0 Å². The molecule has 4 nitrogen and oxygen atoms in total. The van der Waals surface area contributed by atoms with Crippen molar-refractivity contribution < 1.29 is 9.53 Å². The van der Waals surface area contributed by atoms with Gasteiger partial charge in [-0.15, -0.1) is 0 Å². The van der Waals surface area contributed by atoms with E-state index in [0.717, 1.165) is 13.0 Å². The highest BCUT2D eigenvalue weighted by Crippen LogP contribution is 2.14. The van der Waals surface area contributed by atoms with Gasteiger partial charge in [0.25, 0.3) is 0 Å². The van der Waals surface area contributed by atoms with Gasteiger partial charge < -0.3 is 15.4 Å². The number of amides is 1. The van der Waals surface area contributed by atoms with E-state index in [4.69, 9.17) is 4.74 Å². The second-order valence-electron chi connectivity index (χ2n) is 5.17. The minimum Gasteiger partial charge on any atom is -0.444 e. The molecule has 0 aromatic rings. The van der Waals surface area contributed by atoms with E-state index >= 15 is 0 Å². The predicted octanol–water partition coefficient (Wildman–Crippen LogP) is 1.51. The van der Waals surface area contributed by atoms with Gasteiger partial charge in [0.15, 0.2) is 0 Å². The van der Waals surface area contributed by atoms with Crippen LogP contribution in [-0.4, -0.2) is 30.8 Å². The summed E-state index contributed by atoms with van der Waals surface area (Å²) in [6.07, 6.45) is 0.804. The van der Waals surface area contributed by atoms with Crippen molar-refractivity contribution in [3.8, 4) is 0 Å². The minimum absolute atomic E-state index is 0.318. The molecule has 0 aliphatic carbocycles. The fourth-order valence-electron chi connectivity index (χ4n) is 1.72. The van der Waals surface area contributed by atoms with Crippen LogP contribution in [-0.2, 0) is 4.74 Å². The second kappa shape index (κ2) is 4.84. The molecule has 0 radical (unpaired) electrons. The normalized spacial score (nSPS) is 26.4. The van der Waals surface area contributed by atoms with E-state index in [1.807, 2.05) is 20.8 Å². The Kier molecular flexibility index (Phi) is 3.97. The molecule has 0 spiro atoms. The van der Waals surface area contributed by atoms with Crippen LogP contribution in [0.4, 0.5) is 4.79 Å². The molecular formula is C11H22N2O2. The number of hydrogen-bond acceptors (Lipinski definition) is 3. The molecule has 1 aliphatic rings. The van der Waals surface area contributed by atoms with Gasteiger partial charge in [0.2, 0.25) is 0 Å². The van der Waals surface area contributed by atoms with Crippen LogP contribution >= 0.6 is 0 Å². The maximum Gasteiger partial charge on any atom is 0.407 e. The highest BCUT2D eigenvalue weighted by atomic mass is 16.6. The topological polar surface area (TPSA) is 50.4 Å². The molecule has 0 bridgehead atoms. The lowest BCUT2D eigenvalue weighted by Gasteiger charge is -2.21. The Morgan fingerprint density at radius 1 is 1.53 bits per heavy atom. The van der Waals surface area contributed by atoms with Crippen LogP contribution in [0, 0.1) is 5.92 Å². The van der Waals surface area contributed by atoms with Gasteiger partial charge in [-0.2, -0.15) is 0 Å². The molecular weight excluding hydrogens is 192 g/mol. The van der Waals surface area contributed by atoms with E-state index in [-0.39, 0.29) is 6.09 Å². The smallest absolute Gasteiger partial charge is 0.407 e. The minimum atomic E-state index is -0.413. The molecule has 0 saturated carbocycles. The third-order valence-electron chi connectivity index (χ3n) is 2.60. The summed E-state index contributed by atoms with van der Waals surface area (Å²) in [6, 6.07) is 0.486. The van der Waals surface area contributed by atoms with Crippen LogP contribution in [0.5, 0.6) is 0 Å². The third-order valence-corrected chi connectivity index (χ3v) is 2.60. The van der Waals surface area contributed by atoms with Crippen LogP contribution in [0.3, 0.4) is 0 Å². The summed E-state index contributed by atoms with van der Waals surface area (Å²) in [6.45, 7) is 9.49. The summed E-state index contributed by atoms with van der Waals surface area (Å²) in [4.78, 5) is 11.4. The first-order valence-electron chi connectivity index (χ1n) is 5.59. The third kappa shape index (κ3) is 4.51. The first-order valence-corrected chi connectivity index (χ1v) is 5.59. The van der Waals surface area contributed by atoms with Crippen molar-refractivity contribution in [2.75, 3.05) is 13.1 Å². The lowest BCUT2D eigenvalue weighted by molar-refractivity contribution is 0.0518. The van der Waals surface area contributed by atoms with Gasteiger partial charge in [-0.3, -0.25) is 0 Å². The van der Waals surface area contributed by atoms with Crippen LogP contribution in [0.1, 0.15) is 34.1 Å². The zero-order valence-corrected chi connectivity index (χ0v) is 10.1.